The third-order valence-corrected chi connectivity index (χ3v) is 2.85. The monoisotopic (exact) mass is 281 g/mol. The summed E-state index contributed by atoms with van der Waals surface area (Å²) in [4.78, 5) is 4.21. The van der Waals surface area contributed by atoms with Gasteiger partial charge in [0.2, 0.25) is 0 Å². The van der Waals surface area contributed by atoms with Gasteiger partial charge in [-0.1, -0.05) is 0 Å². The Morgan fingerprint density at radius 2 is 2.30 bits per heavy atom. The molecule has 1 heterocycles. The highest BCUT2D eigenvalue weighted by Gasteiger charge is 2.16. The summed E-state index contributed by atoms with van der Waals surface area (Å²) in [6.07, 6.45) is 0.570. The van der Waals surface area contributed by atoms with Crippen LogP contribution in [-0.4, -0.2) is 25.3 Å². The van der Waals surface area contributed by atoms with Gasteiger partial charge in [-0.05, 0) is 38.0 Å². The number of nitrogens with one attached hydrogen (secondary N) is 1. The Kier molecular flexibility index (Phi) is 4.79. The molecular weight excluding hydrogens is 261 g/mol. The highest BCUT2D eigenvalue weighted by atomic mass is 19.1. The molecule has 1 aromatic carbocycles. The molecule has 110 valence electrons. The van der Waals surface area contributed by atoms with E-state index in [1.54, 1.807) is 0 Å². The molecule has 1 aliphatic heterocycles. The Labute approximate surface area is 118 Å². The van der Waals surface area contributed by atoms with Gasteiger partial charge in [-0.25, -0.2) is 4.39 Å². The molecule has 0 saturated carbocycles. The number of hydrogen-bond acceptors (Lipinski definition) is 3. The molecule has 3 N–H and O–H groups in total. The molecule has 1 aromatic rings. The molecule has 0 aromatic heterocycles. The van der Waals surface area contributed by atoms with Crippen molar-refractivity contribution in [3.8, 4) is 5.75 Å². The van der Waals surface area contributed by atoms with E-state index in [0.29, 0.717) is 31.3 Å². The fourth-order valence-electron chi connectivity index (χ4n) is 2.08. The minimum atomic E-state index is -0.287. The van der Waals surface area contributed by atoms with E-state index in [-0.39, 0.29) is 18.7 Å². The van der Waals surface area contributed by atoms with Gasteiger partial charge >= 0.3 is 0 Å². The van der Waals surface area contributed by atoms with Gasteiger partial charge in [0.15, 0.2) is 12.8 Å². The van der Waals surface area contributed by atoms with Crippen molar-refractivity contribution in [2.45, 2.75) is 32.9 Å². The number of hydrogen-bond donors (Lipinski definition) is 2. The fraction of sp³-hybridized carbons (Fsp3) is 0.500. The predicted octanol–water partition coefficient (Wildman–Crippen LogP) is 1.55. The molecule has 0 radical (unpaired) electrons. The lowest BCUT2D eigenvalue weighted by Crippen LogP contribution is -2.36. The van der Waals surface area contributed by atoms with Crippen molar-refractivity contribution >= 4 is 5.96 Å². The topological polar surface area (TPSA) is 68.9 Å². The molecule has 0 bridgehead atoms. The zero-order valence-electron chi connectivity index (χ0n) is 11.8. The molecule has 0 atom stereocenters. The highest BCUT2D eigenvalue weighted by Crippen LogP contribution is 2.29. The van der Waals surface area contributed by atoms with Crippen LogP contribution in [0.2, 0.25) is 0 Å². The van der Waals surface area contributed by atoms with Crippen LogP contribution in [0.4, 0.5) is 4.39 Å². The van der Waals surface area contributed by atoms with E-state index in [0.717, 1.165) is 11.1 Å². The maximum Gasteiger partial charge on any atom is 0.189 e. The van der Waals surface area contributed by atoms with E-state index >= 15 is 0 Å². The van der Waals surface area contributed by atoms with Crippen LogP contribution in [0.15, 0.2) is 17.1 Å². The molecule has 0 saturated heterocycles. The number of rotatable bonds is 4. The van der Waals surface area contributed by atoms with Crippen LogP contribution in [-0.2, 0) is 17.8 Å². The Balaban J connectivity index is 2.04. The Morgan fingerprint density at radius 3 is 3.05 bits per heavy atom. The third kappa shape index (κ3) is 3.84. The van der Waals surface area contributed by atoms with Gasteiger partial charge in [0.1, 0.15) is 11.6 Å². The molecule has 5 nitrogen and oxygen atoms in total. The Bertz CT molecular complexity index is 503. The second kappa shape index (κ2) is 6.56. The summed E-state index contributed by atoms with van der Waals surface area (Å²) < 4.78 is 24.1. The molecule has 0 aliphatic carbocycles. The molecule has 0 fully saturated rings. The van der Waals surface area contributed by atoms with Crippen molar-refractivity contribution in [3.05, 3.63) is 29.1 Å². The highest BCUT2D eigenvalue weighted by molar-refractivity contribution is 5.78. The van der Waals surface area contributed by atoms with E-state index in [1.807, 2.05) is 13.8 Å². The van der Waals surface area contributed by atoms with E-state index in [9.17, 15) is 4.39 Å². The number of guanidine groups is 1. The molecule has 20 heavy (non-hydrogen) atoms. The number of fused-ring (bicyclic) bond motifs is 1. The molecule has 2 rings (SSSR count). The van der Waals surface area contributed by atoms with Gasteiger partial charge in [0, 0.05) is 18.2 Å². The molecular formula is C14H20FN3O2. The van der Waals surface area contributed by atoms with Gasteiger partial charge in [0.25, 0.3) is 0 Å². The summed E-state index contributed by atoms with van der Waals surface area (Å²) in [6.45, 7) is 5.02. The van der Waals surface area contributed by atoms with Gasteiger partial charge in [0.05, 0.1) is 6.61 Å². The number of benzene rings is 1. The largest absolute Gasteiger partial charge is 0.467 e. The first-order valence-corrected chi connectivity index (χ1v) is 6.64. The summed E-state index contributed by atoms with van der Waals surface area (Å²) in [5.41, 5.74) is 7.26. The summed E-state index contributed by atoms with van der Waals surface area (Å²) >= 11 is 0. The first-order chi connectivity index (χ1) is 9.56. The van der Waals surface area contributed by atoms with Crippen LogP contribution < -0.4 is 15.8 Å². The first-order valence-electron chi connectivity index (χ1n) is 6.64. The molecule has 0 spiro atoms. The number of nitrogens with two attached hydrogens (primary N) is 1. The minimum Gasteiger partial charge on any atom is -0.467 e. The van der Waals surface area contributed by atoms with Crippen molar-refractivity contribution in [1.29, 1.82) is 0 Å². The average Bonchev–Trinajstić information content (AvgIpc) is 2.37. The normalized spacial score (nSPS) is 14.9. The van der Waals surface area contributed by atoms with Crippen molar-refractivity contribution in [2.24, 2.45) is 10.7 Å². The third-order valence-electron chi connectivity index (χ3n) is 2.85. The first kappa shape index (κ1) is 14.6. The van der Waals surface area contributed by atoms with Gasteiger partial charge < -0.3 is 20.5 Å². The summed E-state index contributed by atoms with van der Waals surface area (Å²) in [6, 6.07) is 3.16. The molecule has 1 aliphatic rings. The van der Waals surface area contributed by atoms with Crippen molar-refractivity contribution in [1.82, 2.24) is 5.32 Å². The van der Waals surface area contributed by atoms with E-state index < -0.39 is 0 Å². The number of nitrogens with zero attached hydrogens (tertiary/aromatic N) is 1. The quantitative estimate of drug-likeness (QED) is 0.649. The van der Waals surface area contributed by atoms with Gasteiger partial charge in [-0.3, -0.25) is 4.99 Å². The Hall–Kier alpha value is -1.82. The molecule has 0 amide bonds. The molecule has 6 heteroatoms. The minimum absolute atomic E-state index is 0.200. The van der Waals surface area contributed by atoms with Crippen molar-refractivity contribution in [2.75, 3.05) is 13.3 Å². The van der Waals surface area contributed by atoms with Gasteiger partial charge in [-0.15, -0.1) is 0 Å². The molecule has 0 unspecified atom stereocenters. The maximum atomic E-state index is 13.5. The van der Waals surface area contributed by atoms with Crippen LogP contribution >= 0.6 is 0 Å². The van der Waals surface area contributed by atoms with Crippen LogP contribution in [0.1, 0.15) is 25.0 Å². The summed E-state index contributed by atoms with van der Waals surface area (Å²) in [7, 11) is 0. The lowest BCUT2D eigenvalue weighted by molar-refractivity contribution is -0.0172. The van der Waals surface area contributed by atoms with Crippen LogP contribution in [0.25, 0.3) is 0 Å². The van der Waals surface area contributed by atoms with Crippen LogP contribution in [0, 0.1) is 5.82 Å². The smallest absolute Gasteiger partial charge is 0.189 e. The maximum absolute atomic E-state index is 13.5. The Morgan fingerprint density at radius 1 is 1.50 bits per heavy atom. The lowest BCUT2D eigenvalue weighted by Gasteiger charge is -2.20. The van der Waals surface area contributed by atoms with Crippen LogP contribution in [0.5, 0.6) is 5.75 Å². The van der Waals surface area contributed by atoms with E-state index in [2.05, 4.69) is 10.3 Å². The predicted molar refractivity (Wildman–Crippen MR) is 75.1 cm³/mol. The fourth-order valence-corrected chi connectivity index (χ4v) is 2.08. The number of ether oxygens (including phenoxy) is 2. The van der Waals surface area contributed by atoms with E-state index in [1.165, 1.54) is 12.1 Å². The SMILES string of the molecule is CC(C)NC(N)=NCCc1cc(F)cc2c1OCOC2. The van der Waals surface area contributed by atoms with Crippen molar-refractivity contribution in [3.63, 3.8) is 0 Å². The summed E-state index contributed by atoms with van der Waals surface area (Å²) in [5, 5.41) is 3.01. The number of halogens is 1. The zero-order valence-corrected chi connectivity index (χ0v) is 11.8. The zero-order chi connectivity index (χ0) is 14.5. The second-order valence-corrected chi connectivity index (χ2v) is 4.98. The van der Waals surface area contributed by atoms with E-state index in [4.69, 9.17) is 15.2 Å². The average molecular weight is 281 g/mol. The van der Waals surface area contributed by atoms with Crippen molar-refractivity contribution < 1.29 is 13.9 Å². The van der Waals surface area contributed by atoms with Crippen LogP contribution in [0.3, 0.4) is 0 Å². The lowest BCUT2D eigenvalue weighted by atomic mass is 10.1. The van der Waals surface area contributed by atoms with Gasteiger partial charge in [-0.2, -0.15) is 0 Å². The summed E-state index contributed by atoms with van der Waals surface area (Å²) in [5.74, 6) is 0.822. The number of aliphatic imine (C=N–C) groups is 1. The standard InChI is InChI=1S/C14H20FN3O2/c1-9(2)18-14(16)17-4-3-10-5-12(15)6-11-7-19-8-20-13(10)11/h5-6,9H,3-4,7-8H2,1-2H3,(H3,16,17,18). The second-order valence-electron chi connectivity index (χ2n) is 4.98.